The number of nitrogens with zero attached hydrogens (tertiary/aromatic N) is 4. The van der Waals surface area contributed by atoms with Crippen molar-refractivity contribution < 1.29 is 4.79 Å². The number of carbonyl (C=O) groups is 1. The van der Waals surface area contributed by atoms with Gasteiger partial charge in [-0.25, -0.2) is 0 Å². The average molecular weight is 266 g/mol. The number of hydrogen-bond donors (Lipinski definition) is 0. The molecule has 0 atom stereocenters. The first kappa shape index (κ1) is 13.2. The molecular formula is C12H18N4OS. The zero-order chi connectivity index (χ0) is 13.0. The van der Waals surface area contributed by atoms with Crippen molar-refractivity contribution in [3.63, 3.8) is 0 Å². The van der Waals surface area contributed by atoms with Crippen LogP contribution in [0.2, 0.25) is 0 Å². The number of hydrogen-bond acceptors (Lipinski definition) is 5. The van der Waals surface area contributed by atoms with Gasteiger partial charge in [0, 0.05) is 32.7 Å². The van der Waals surface area contributed by atoms with Gasteiger partial charge in [-0.1, -0.05) is 10.6 Å². The number of amides is 1. The fourth-order valence-electron chi connectivity index (χ4n) is 2.12. The summed E-state index contributed by atoms with van der Waals surface area (Å²) in [5.74, 6) is 0.0155. The summed E-state index contributed by atoms with van der Waals surface area (Å²) in [6, 6.07) is 0. The van der Waals surface area contributed by atoms with E-state index in [0.717, 1.165) is 44.0 Å². The van der Waals surface area contributed by atoms with Gasteiger partial charge >= 0.3 is 0 Å². The second kappa shape index (κ2) is 6.06. The highest BCUT2D eigenvalue weighted by Crippen LogP contribution is 2.13. The van der Waals surface area contributed by atoms with E-state index >= 15 is 0 Å². The monoisotopic (exact) mass is 266 g/mol. The molecule has 0 saturated carbocycles. The van der Waals surface area contributed by atoms with Crippen molar-refractivity contribution in [2.75, 3.05) is 32.7 Å². The van der Waals surface area contributed by atoms with Gasteiger partial charge in [-0.15, -0.1) is 11.7 Å². The lowest BCUT2D eigenvalue weighted by Gasteiger charge is -2.20. The summed E-state index contributed by atoms with van der Waals surface area (Å²) in [4.78, 5) is 17.4. The molecule has 0 unspecified atom stereocenters. The van der Waals surface area contributed by atoms with Crippen molar-refractivity contribution in [2.45, 2.75) is 13.3 Å². The third-order valence-electron chi connectivity index (χ3n) is 3.12. The second-order valence-corrected chi connectivity index (χ2v) is 5.37. The van der Waals surface area contributed by atoms with Gasteiger partial charge in [0.05, 0.1) is 4.88 Å². The van der Waals surface area contributed by atoms with Gasteiger partial charge in [0.2, 0.25) is 0 Å². The standard InChI is InChI=1S/C12H18N4OS/c1-3-5-15-6-4-7-16(9-8-15)12(17)11-10(2)18-14-13-11/h3H,1,4-9H2,2H3. The van der Waals surface area contributed by atoms with Crippen LogP contribution < -0.4 is 0 Å². The molecule has 98 valence electrons. The molecule has 1 aliphatic heterocycles. The summed E-state index contributed by atoms with van der Waals surface area (Å²) >= 11 is 1.28. The summed E-state index contributed by atoms with van der Waals surface area (Å²) in [6.07, 6.45) is 2.90. The highest BCUT2D eigenvalue weighted by molar-refractivity contribution is 7.05. The maximum absolute atomic E-state index is 12.3. The van der Waals surface area contributed by atoms with E-state index in [4.69, 9.17) is 0 Å². The van der Waals surface area contributed by atoms with Crippen molar-refractivity contribution in [2.24, 2.45) is 0 Å². The first-order valence-corrected chi connectivity index (χ1v) is 6.91. The van der Waals surface area contributed by atoms with Crippen LogP contribution in [-0.4, -0.2) is 58.0 Å². The molecule has 18 heavy (non-hydrogen) atoms. The van der Waals surface area contributed by atoms with Crippen LogP contribution in [0, 0.1) is 6.92 Å². The largest absolute Gasteiger partial charge is 0.336 e. The van der Waals surface area contributed by atoms with Crippen molar-refractivity contribution in [1.29, 1.82) is 0 Å². The van der Waals surface area contributed by atoms with Crippen LogP contribution in [0.4, 0.5) is 0 Å². The molecule has 0 aromatic carbocycles. The highest BCUT2D eigenvalue weighted by atomic mass is 32.1. The number of aromatic nitrogens is 2. The van der Waals surface area contributed by atoms with E-state index in [1.165, 1.54) is 11.5 Å². The third kappa shape index (κ3) is 2.94. The Labute approximate surface area is 111 Å². The first-order chi connectivity index (χ1) is 8.72. The Balaban J connectivity index is 2.00. The van der Waals surface area contributed by atoms with Gasteiger partial charge in [0.15, 0.2) is 5.69 Å². The molecule has 0 bridgehead atoms. The zero-order valence-electron chi connectivity index (χ0n) is 10.6. The van der Waals surface area contributed by atoms with Crippen molar-refractivity contribution in [3.05, 3.63) is 23.2 Å². The van der Waals surface area contributed by atoms with Crippen LogP contribution in [0.3, 0.4) is 0 Å². The van der Waals surface area contributed by atoms with E-state index in [0.29, 0.717) is 5.69 Å². The molecule has 5 nitrogen and oxygen atoms in total. The molecule has 2 heterocycles. The zero-order valence-corrected chi connectivity index (χ0v) is 11.4. The Kier molecular flexibility index (Phi) is 4.43. The van der Waals surface area contributed by atoms with Gasteiger partial charge in [0.25, 0.3) is 5.91 Å². The Hall–Kier alpha value is -1.27. The van der Waals surface area contributed by atoms with Crippen molar-refractivity contribution in [1.82, 2.24) is 19.4 Å². The summed E-state index contributed by atoms with van der Waals surface area (Å²) in [5, 5.41) is 3.92. The quantitative estimate of drug-likeness (QED) is 0.771. The molecular weight excluding hydrogens is 248 g/mol. The Bertz CT molecular complexity index is 431. The van der Waals surface area contributed by atoms with Crippen molar-refractivity contribution >= 4 is 17.4 Å². The molecule has 1 aliphatic rings. The Morgan fingerprint density at radius 2 is 2.28 bits per heavy atom. The molecule has 0 aliphatic carbocycles. The number of aryl methyl sites for hydroxylation is 1. The third-order valence-corrected chi connectivity index (χ3v) is 3.75. The minimum absolute atomic E-state index is 0.0155. The lowest BCUT2D eigenvalue weighted by atomic mass is 10.3. The van der Waals surface area contributed by atoms with Gasteiger partial charge in [0.1, 0.15) is 0 Å². The number of carbonyl (C=O) groups excluding carboxylic acids is 1. The van der Waals surface area contributed by atoms with Crippen LogP contribution in [-0.2, 0) is 0 Å². The maximum atomic E-state index is 12.3. The molecule has 1 saturated heterocycles. The maximum Gasteiger partial charge on any atom is 0.275 e. The average Bonchev–Trinajstić information content (AvgIpc) is 2.64. The molecule has 6 heteroatoms. The molecule has 0 N–H and O–H groups in total. The SMILES string of the molecule is C=CCN1CCCN(C(=O)c2nnsc2C)CC1. The lowest BCUT2D eigenvalue weighted by Crippen LogP contribution is -2.35. The molecule has 0 spiro atoms. The van der Waals surface area contributed by atoms with E-state index in [9.17, 15) is 4.79 Å². The molecule has 1 amide bonds. The van der Waals surface area contributed by atoms with Crippen LogP contribution >= 0.6 is 11.5 Å². The Morgan fingerprint density at radius 3 is 2.94 bits per heavy atom. The first-order valence-electron chi connectivity index (χ1n) is 6.14. The van der Waals surface area contributed by atoms with Crippen LogP contribution in [0.15, 0.2) is 12.7 Å². The van der Waals surface area contributed by atoms with E-state index in [1.807, 2.05) is 17.9 Å². The topological polar surface area (TPSA) is 49.3 Å². The predicted molar refractivity (Wildman–Crippen MR) is 71.8 cm³/mol. The molecule has 1 aromatic heterocycles. The molecule has 0 radical (unpaired) electrons. The Morgan fingerprint density at radius 1 is 1.44 bits per heavy atom. The number of rotatable bonds is 3. The van der Waals surface area contributed by atoms with Gasteiger partial charge in [-0.2, -0.15) is 0 Å². The predicted octanol–water partition coefficient (Wildman–Crippen LogP) is 1.18. The smallest absolute Gasteiger partial charge is 0.275 e. The summed E-state index contributed by atoms with van der Waals surface area (Å²) in [7, 11) is 0. The van der Waals surface area contributed by atoms with Gasteiger partial charge < -0.3 is 4.90 Å². The fraction of sp³-hybridized carbons (Fsp3) is 0.583. The highest BCUT2D eigenvalue weighted by Gasteiger charge is 2.23. The summed E-state index contributed by atoms with van der Waals surface area (Å²) in [6.45, 7) is 9.99. The molecule has 1 fully saturated rings. The van der Waals surface area contributed by atoms with E-state index in [1.54, 1.807) is 0 Å². The molecule has 1 aromatic rings. The minimum Gasteiger partial charge on any atom is -0.336 e. The normalized spacial score (nSPS) is 17.5. The minimum atomic E-state index is 0.0155. The summed E-state index contributed by atoms with van der Waals surface area (Å²) < 4.78 is 3.83. The van der Waals surface area contributed by atoms with E-state index in [-0.39, 0.29) is 5.91 Å². The van der Waals surface area contributed by atoms with Crippen LogP contribution in [0.5, 0.6) is 0 Å². The van der Waals surface area contributed by atoms with E-state index < -0.39 is 0 Å². The fourth-order valence-corrected chi connectivity index (χ4v) is 2.58. The molecule has 2 rings (SSSR count). The van der Waals surface area contributed by atoms with E-state index in [2.05, 4.69) is 21.1 Å². The van der Waals surface area contributed by atoms with Crippen molar-refractivity contribution in [3.8, 4) is 0 Å². The van der Waals surface area contributed by atoms with Crippen LogP contribution in [0.1, 0.15) is 21.8 Å². The summed E-state index contributed by atoms with van der Waals surface area (Å²) in [5.41, 5.74) is 0.511. The lowest BCUT2D eigenvalue weighted by molar-refractivity contribution is 0.0755. The van der Waals surface area contributed by atoms with Crippen LogP contribution in [0.25, 0.3) is 0 Å². The second-order valence-electron chi connectivity index (χ2n) is 4.41. The van der Waals surface area contributed by atoms with Gasteiger partial charge in [-0.3, -0.25) is 9.69 Å². The van der Waals surface area contributed by atoms with Gasteiger partial charge in [-0.05, 0) is 24.9 Å².